The fraction of sp³-hybridized carbons (Fsp3) is 0.690. The molecule has 5 rings (SSSR count). The SMILES string of the molecule is Cc1c(O)c(O)cc2c1C(S(=O)(=O)[O-])C=C1[C@@]2(C)CC[C@@]2(C)[C@@H]3C[C@](C)(C(=O)O)CC[C@]3(C)CC[C@]12C.[Na+]. The number of phenolic OH excluding ortho intramolecular Hbond substituents is 2. The zero-order valence-electron chi connectivity index (χ0n) is 23.6. The van der Waals surface area contributed by atoms with Gasteiger partial charge in [-0.1, -0.05) is 39.3 Å². The molecule has 3 N–H and O–H groups in total. The van der Waals surface area contributed by atoms with Gasteiger partial charge in [-0.05, 0) is 104 Å². The Morgan fingerprint density at radius 3 is 2.18 bits per heavy atom. The van der Waals surface area contributed by atoms with Crippen molar-refractivity contribution in [2.45, 2.75) is 97.2 Å². The first-order chi connectivity index (χ1) is 16.8. The summed E-state index contributed by atoms with van der Waals surface area (Å²) in [6.45, 7) is 12.2. The van der Waals surface area contributed by atoms with E-state index in [1.165, 1.54) is 6.07 Å². The van der Waals surface area contributed by atoms with Crippen LogP contribution in [0.15, 0.2) is 17.7 Å². The first-order valence-corrected chi connectivity index (χ1v) is 14.8. The van der Waals surface area contributed by atoms with Gasteiger partial charge in [-0.15, -0.1) is 0 Å². The Kier molecular flexibility index (Phi) is 6.86. The topological polar surface area (TPSA) is 135 Å². The Morgan fingerprint density at radius 2 is 1.61 bits per heavy atom. The summed E-state index contributed by atoms with van der Waals surface area (Å²) in [5.41, 5.74) is -0.211. The van der Waals surface area contributed by atoms with Crippen LogP contribution in [0.4, 0.5) is 0 Å². The van der Waals surface area contributed by atoms with E-state index in [4.69, 9.17) is 0 Å². The number of hydrogen-bond acceptors (Lipinski definition) is 6. The number of aromatic hydroxyl groups is 2. The number of carboxylic acids is 1. The molecule has 0 aromatic heterocycles. The fourth-order valence-corrected chi connectivity index (χ4v) is 10.0. The van der Waals surface area contributed by atoms with Crippen LogP contribution in [-0.4, -0.2) is 34.3 Å². The van der Waals surface area contributed by atoms with Gasteiger partial charge >= 0.3 is 35.5 Å². The third-order valence-electron chi connectivity index (χ3n) is 11.9. The number of rotatable bonds is 2. The molecule has 9 heteroatoms. The van der Waals surface area contributed by atoms with Crippen molar-refractivity contribution in [3.05, 3.63) is 34.4 Å². The van der Waals surface area contributed by atoms with Crippen LogP contribution >= 0.6 is 0 Å². The van der Waals surface area contributed by atoms with Crippen LogP contribution in [0, 0.1) is 34.5 Å². The zero-order chi connectivity index (χ0) is 27.6. The van der Waals surface area contributed by atoms with Crippen LogP contribution in [0.2, 0.25) is 0 Å². The summed E-state index contributed by atoms with van der Waals surface area (Å²) in [6, 6.07) is 1.45. The zero-order valence-corrected chi connectivity index (χ0v) is 26.5. The van der Waals surface area contributed by atoms with Gasteiger partial charge in [-0.25, -0.2) is 8.42 Å². The van der Waals surface area contributed by atoms with Crippen molar-refractivity contribution in [2.24, 2.45) is 27.6 Å². The number of aliphatic carboxylic acids is 1. The van der Waals surface area contributed by atoms with Crippen LogP contribution in [0.3, 0.4) is 0 Å². The van der Waals surface area contributed by atoms with Gasteiger partial charge in [0.25, 0.3) is 0 Å². The van der Waals surface area contributed by atoms with E-state index in [2.05, 4.69) is 27.7 Å². The van der Waals surface area contributed by atoms with Gasteiger partial charge in [0.15, 0.2) is 11.5 Å². The van der Waals surface area contributed by atoms with Gasteiger partial charge in [-0.3, -0.25) is 4.79 Å². The molecule has 3 fully saturated rings. The third-order valence-corrected chi connectivity index (χ3v) is 12.9. The fourth-order valence-electron chi connectivity index (χ4n) is 9.11. The van der Waals surface area contributed by atoms with Crippen molar-refractivity contribution in [3.8, 4) is 11.5 Å². The Balaban J connectivity index is 0.00000336. The van der Waals surface area contributed by atoms with Crippen molar-refractivity contribution in [1.82, 2.24) is 0 Å². The van der Waals surface area contributed by atoms with Gasteiger partial charge in [0.05, 0.1) is 10.7 Å². The second-order valence-corrected chi connectivity index (χ2v) is 15.2. The van der Waals surface area contributed by atoms with Crippen LogP contribution in [0.25, 0.3) is 0 Å². The molecule has 0 spiro atoms. The molecule has 7 atom stereocenters. The number of hydrogen-bond donors (Lipinski definition) is 3. The molecule has 4 aliphatic carbocycles. The maximum Gasteiger partial charge on any atom is 1.00 e. The average molecular weight is 555 g/mol. The first kappa shape index (κ1) is 29.9. The molecule has 0 aliphatic heterocycles. The Hall–Kier alpha value is -1.06. The van der Waals surface area contributed by atoms with Crippen molar-refractivity contribution in [1.29, 1.82) is 0 Å². The predicted molar refractivity (Wildman–Crippen MR) is 138 cm³/mol. The van der Waals surface area contributed by atoms with E-state index in [1.54, 1.807) is 13.0 Å². The maximum absolute atomic E-state index is 12.7. The van der Waals surface area contributed by atoms with Crippen molar-refractivity contribution >= 4 is 16.1 Å². The molecule has 7 nitrogen and oxygen atoms in total. The number of fused-ring (bicyclic) bond motifs is 7. The Labute approximate surface area is 248 Å². The number of phenols is 2. The van der Waals surface area contributed by atoms with Crippen LogP contribution in [-0.2, 0) is 20.3 Å². The minimum atomic E-state index is -4.82. The molecule has 1 aromatic rings. The molecule has 0 radical (unpaired) electrons. The molecule has 0 heterocycles. The third kappa shape index (κ3) is 3.73. The molecule has 1 aromatic carbocycles. The van der Waals surface area contributed by atoms with E-state index in [0.29, 0.717) is 24.8 Å². The molecule has 0 saturated heterocycles. The van der Waals surface area contributed by atoms with E-state index in [9.17, 15) is 33.1 Å². The van der Waals surface area contributed by atoms with E-state index < -0.39 is 43.3 Å². The summed E-state index contributed by atoms with van der Waals surface area (Å²) < 4.78 is 38.0. The first-order valence-electron chi connectivity index (χ1n) is 13.3. The van der Waals surface area contributed by atoms with Gasteiger partial charge in [0.2, 0.25) is 0 Å². The number of benzene rings is 1. The van der Waals surface area contributed by atoms with Crippen LogP contribution in [0.1, 0.15) is 102 Å². The molecule has 0 amide bonds. The van der Waals surface area contributed by atoms with E-state index in [-0.39, 0.29) is 63.2 Å². The summed E-state index contributed by atoms with van der Waals surface area (Å²) >= 11 is 0. The molecule has 38 heavy (non-hydrogen) atoms. The molecular weight excluding hydrogens is 515 g/mol. The van der Waals surface area contributed by atoms with Crippen molar-refractivity contribution in [3.63, 3.8) is 0 Å². The molecule has 1 unspecified atom stereocenters. The van der Waals surface area contributed by atoms with E-state index in [1.807, 2.05) is 6.92 Å². The predicted octanol–water partition coefficient (Wildman–Crippen LogP) is 2.69. The number of allylic oxidation sites excluding steroid dienone is 1. The largest absolute Gasteiger partial charge is 1.00 e. The minimum absolute atomic E-state index is 0. The van der Waals surface area contributed by atoms with E-state index >= 15 is 0 Å². The smallest absolute Gasteiger partial charge is 0.747 e. The van der Waals surface area contributed by atoms with Crippen LogP contribution in [0.5, 0.6) is 11.5 Å². The van der Waals surface area contributed by atoms with Crippen LogP contribution < -0.4 is 29.6 Å². The second-order valence-electron chi connectivity index (χ2n) is 13.7. The number of carboxylic acid groups (broad SMARTS) is 1. The summed E-state index contributed by atoms with van der Waals surface area (Å²) in [7, 11) is -4.82. The molecule has 3 saturated carbocycles. The quantitative estimate of drug-likeness (QED) is 0.221. The molecule has 204 valence electrons. The van der Waals surface area contributed by atoms with Gasteiger partial charge in [0.1, 0.15) is 10.1 Å². The molecule has 4 aliphatic rings. The Morgan fingerprint density at radius 1 is 1.00 bits per heavy atom. The van der Waals surface area contributed by atoms with Gasteiger partial charge in [0, 0.05) is 5.41 Å². The minimum Gasteiger partial charge on any atom is -0.747 e. The van der Waals surface area contributed by atoms with E-state index in [0.717, 1.165) is 31.3 Å². The second kappa shape index (κ2) is 8.72. The average Bonchev–Trinajstić information content (AvgIpc) is 2.80. The number of carbonyl (C=O) groups is 1. The summed E-state index contributed by atoms with van der Waals surface area (Å²) in [5, 5.41) is 29.6. The summed E-state index contributed by atoms with van der Waals surface area (Å²) in [5.74, 6) is -1.36. The Bertz CT molecular complexity index is 1350. The summed E-state index contributed by atoms with van der Waals surface area (Å²) in [6.07, 6.45) is 6.89. The molecule has 0 bridgehead atoms. The standard InChI is InChI=1S/C29H40O7S.Na/c1-16-22-17(13-18(30)23(16)31)27(4)10-12-29(6)21-15-26(3,24(32)33)8-7-25(21,2)9-11-28(29,5)20(27)14-19(22)37(34,35)36;/h13-14,19,21,30-31H,7-12,15H2,1-6H3,(H,32,33)(H,34,35,36);/q;+1/p-1/t19?,21-,25-,26-,27+,28-,29+;/m1./s1. The normalized spacial score (nSPS) is 41.9. The van der Waals surface area contributed by atoms with Gasteiger partial charge in [-0.2, -0.15) is 0 Å². The monoisotopic (exact) mass is 554 g/mol. The van der Waals surface area contributed by atoms with Crippen molar-refractivity contribution in [2.75, 3.05) is 0 Å². The molecular formula is C29H39NaO7S. The summed E-state index contributed by atoms with van der Waals surface area (Å²) in [4.78, 5) is 12.3. The van der Waals surface area contributed by atoms with Gasteiger partial charge < -0.3 is 19.9 Å². The maximum atomic E-state index is 12.7. The van der Waals surface area contributed by atoms with Crippen molar-refractivity contribution < 1.29 is 62.6 Å².